The topological polar surface area (TPSA) is 60.1 Å². The number of fused-ring (bicyclic) bond motifs is 1. The van der Waals surface area contributed by atoms with Gasteiger partial charge in [0.25, 0.3) is 0 Å². The van der Waals surface area contributed by atoms with Gasteiger partial charge in [0.05, 0.1) is 18.2 Å². The fraction of sp³-hybridized carbons (Fsp3) is 0.231. The number of halogens is 1. The van der Waals surface area contributed by atoms with Gasteiger partial charge < -0.3 is 14.0 Å². The fourth-order valence-electron chi connectivity index (χ4n) is 2.06. The highest BCUT2D eigenvalue weighted by molar-refractivity contribution is 9.10. The Morgan fingerprint density at radius 3 is 3.00 bits per heavy atom. The van der Waals surface area contributed by atoms with Crippen LogP contribution in [0.5, 0.6) is 11.5 Å². The lowest BCUT2D eigenvalue weighted by atomic mass is 10.2. The van der Waals surface area contributed by atoms with Gasteiger partial charge in [0.1, 0.15) is 10.4 Å². The Labute approximate surface area is 118 Å². The summed E-state index contributed by atoms with van der Waals surface area (Å²) in [6.45, 7) is 0.253. The summed E-state index contributed by atoms with van der Waals surface area (Å²) in [6, 6.07) is 7.83. The minimum atomic E-state index is 0.253. The number of hydrogen-bond acceptors (Lipinski definition) is 4. The lowest BCUT2D eigenvalue weighted by Crippen LogP contribution is -1.98. The third-order valence-corrected chi connectivity index (χ3v) is 3.68. The highest BCUT2D eigenvalue weighted by atomic mass is 79.9. The zero-order valence-electron chi connectivity index (χ0n) is 10.2. The van der Waals surface area contributed by atoms with E-state index < -0.39 is 0 Å². The zero-order chi connectivity index (χ0) is 13.4. The molecule has 2 aromatic rings. The number of hydrogen-bond donors (Lipinski definition) is 0. The molecule has 0 fully saturated rings. The number of ether oxygens (including phenoxy) is 2. The Morgan fingerprint density at radius 1 is 1.42 bits per heavy atom. The van der Waals surface area contributed by atoms with Crippen LogP contribution >= 0.6 is 15.9 Å². The Morgan fingerprint density at radius 2 is 2.21 bits per heavy atom. The minimum absolute atomic E-state index is 0.253. The predicted molar refractivity (Wildman–Crippen MR) is 71.8 cm³/mol. The second-order valence-corrected chi connectivity index (χ2v) is 4.89. The molecule has 2 heterocycles. The molecule has 5 nitrogen and oxygen atoms in total. The van der Waals surface area contributed by atoms with Crippen LogP contribution in [0.1, 0.15) is 5.69 Å². The molecular weight excluding hydrogens is 310 g/mol. The van der Waals surface area contributed by atoms with Crippen LogP contribution in [0.3, 0.4) is 0 Å². The maximum Gasteiger partial charge on any atom is 0.231 e. The van der Waals surface area contributed by atoms with Gasteiger partial charge in [-0.3, -0.25) is 0 Å². The van der Waals surface area contributed by atoms with E-state index in [-0.39, 0.29) is 6.79 Å². The van der Waals surface area contributed by atoms with Gasteiger partial charge in [0.2, 0.25) is 6.79 Å². The Kier molecular flexibility index (Phi) is 2.91. The monoisotopic (exact) mass is 319 g/mol. The van der Waals surface area contributed by atoms with Crippen LogP contribution in [0.15, 0.2) is 22.8 Å². The molecule has 1 aliphatic rings. The van der Waals surface area contributed by atoms with Gasteiger partial charge in [0.15, 0.2) is 11.5 Å². The molecule has 1 aromatic carbocycles. The van der Waals surface area contributed by atoms with E-state index in [0.717, 1.165) is 28.6 Å². The van der Waals surface area contributed by atoms with Crippen molar-refractivity contribution >= 4 is 15.9 Å². The van der Waals surface area contributed by atoms with Gasteiger partial charge in [-0.15, -0.1) is 0 Å². The van der Waals surface area contributed by atoms with Crippen LogP contribution < -0.4 is 9.47 Å². The molecule has 0 amide bonds. The Balaban J connectivity index is 2.08. The summed E-state index contributed by atoms with van der Waals surface area (Å²) in [5, 5.41) is 8.83. The summed E-state index contributed by atoms with van der Waals surface area (Å²) in [4.78, 5) is 4.46. The first kappa shape index (κ1) is 12.1. The number of nitrogens with zero attached hydrogens (tertiary/aromatic N) is 3. The van der Waals surface area contributed by atoms with Crippen LogP contribution in [0.4, 0.5) is 0 Å². The molecule has 0 N–H and O–H groups in total. The van der Waals surface area contributed by atoms with Crippen molar-refractivity contribution in [3.8, 4) is 29.0 Å². The normalized spacial score (nSPS) is 12.5. The second kappa shape index (κ2) is 4.59. The molecular formula is C13H10BrN3O2. The van der Waals surface area contributed by atoms with Crippen molar-refractivity contribution in [3.63, 3.8) is 0 Å². The number of aromatic nitrogens is 2. The lowest BCUT2D eigenvalue weighted by molar-refractivity contribution is 0.174. The summed E-state index contributed by atoms with van der Waals surface area (Å²) in [6.07, 6.45) is 0.314. The average molecular weight is 320 g/mol. The van der Waals surface area contributed by atoms with E-state index in [4.69, 9.17) is 14.7 Å². The first-order chi connectivity index (χ1) is 9.20. The van der Waals surface area contributed by atoms with Gasteiger partial charge >= 0.3 is 0 Å². The van der Waals surface area contributed by atoms with Crippen molar-refractivity contribution in [1.82, 2.24) is 9.55 Å². The van der Waals surface area contributed by atoms with Gasteiger partial charge in [-0.2, -0.15) is 5.26 Å². The maximum absolute atomic E-state index is 8.83. The largest absolute Gasteiger partial charge is 0.454 e. The summed E-state index contributed by atoms with van der Waals surface area (Å²) in [5.41, 5.74) is 1.78. The lowest BCUT2D eigenvalue weighted by Gasteiger charge is -2.05. The van der Waals surface area contributed by atoms with Crippen molar-refractivity contribution < 1.29 is 9.47 Å². The third-order valence-electron chi connectivity index (χ3n) is 3.04. The molecule has 0 bridgehead atoms. The van der Waals surface area contributed by atoms with Gasteiger partial charge in [-0.05, 0) is 34.1 Å². The highest BCUT2D eigenvalue weighted by Crippen LogP contribution is 2.36. The van der Waals surface area contributed by atoms with E-state index in [1.807, 2.05) is 29.8 Å². The molecule has 0 saturated carbocycles. The quantitative estimate of drug-likeness (QED) is 0.853. The van der Waals surface area contributed by atoms with Crippen molar-refractivity contribution in [2.24, 2.45) is 7.05 Å². The summed E-state index contributed by atoms with van der Waals surface area (Å²) >= 11 is 3.39. The van der Waals surface area contributed by atoms with Crippen LogP contribution in [0.25, 0.3) is 11.4 Å². The van der Waals surface area contributed by atoms with Gasteiger partial charge in [0, 0.05) is 12.6 Å². The number of imidazole rings is 1. The molecule has 1 aliphatic heterocycles. The first-order valence-electron chi connectivity index (χ1n) is 5.68. The molecule has 0 saturated heterocycles. The molecule has 1 aromatic heterocycles. The Hall–Kier alpha value is -2.00. The molecule has 0 unspecified atom stereocenters. The summed E-state index contributed by atoms with van der Waals surface area (Å²) < 4.78 is 13.3. The number of nitriles is 1. The maximum atomic E-state index is 8.83. The van der Waals surface area contributed by atoms with Crippen LogP contribution in [-0.2, 0) is 13.5 Å². The predicted octanol–water partition coefficient (Wildman–Crippen LogP) is 2.64. The number of rotatable bonds is 2. The van der Waals surface area contributed by atoms with Crippen molar-refractivity contribution in [2.75, 3.05) is 6.79 Å². The zero-order valence-corrected chi connectivity index (χ0v) is 11.8. The average Bonchev–Trinajstić information content (AvgIpc) is 2.97. The molecule has 0 atom stereocenters. The van der Waals surface area contributed by atoms with Crippen molar-refractivity contribution in [1.29, 1.82) is 5.26 Å². The molecule has 0 spiro atoms. The van der Waals surface area contributed by atoms with E-state index in [0.29, 0.717) is 11.0 Å². The van der Waals surface area contributed by atoms with Crippen LogP contribution in [-0.4, -0.2) is 16.3 Å². The van der Waals surface area contributed by atoms with E-state index in [2.05, 4.69) is 27.0 Å². The van der Waals surface area contributed by atoms with Gasteiger partial charge in [-0.1, -0.05) is 0 Å². The first-order valence-corrected chi connectivity index (χ1v) is 6.48. The van der Waals surface area contributed by atoms with E-state index in [9.17, 15) is 0 Å². The van der Waals surface area contributed by atoms with Gasteiger partial charge in [-0.25, -0.2) is 4.98 Å². The standard InChI is InChI=1S/C13H10BrN3O2/c1-17-9(4-5-15)12(14)16-13(17)8-2-3-10-11(6-8)19-7-18-10/h2-3,6H,4,7H2,1H3. The third kappa shape index (κ3) is 1.96. The molecule has 0 radical (unpaired) electrons. The number of benzene rings is 1. The molecule has 96 valence electrons. The molecule has 0 aliphatic carbocycles. The van der Waals surface area contributed by atoms with E-state index in [1.165, 1.54) is 0 Å². The second-order valence-electron chi connectivity index (χ2n) is 4.13. The summed E-state index contributed by atoms with van der Waals surface area (Å²) in [5.74, 6) is 2.25. The molecule has 3 rings (SSSR count). The SMILES string of the molecule is Cn1c(-c2ccc3c(c2)OCO3)nc(Br)c1CC#N. The van der Waals surface area contributed by atoms with Crippen molar-refractivity contribution in [3.05, 3.63) is 28.5 Å². The smallest absolute Gasteiger partial charge is 0.231 e. The minimum Gasteiger partial charge on any atom is -0.454 e. The molecule has 6 heteroatoms. The van der Waals surface area contributed by atoms with Crippen LogP contribution in [0, 0.1) is 11.3 Å². The highest BCUT2D eigenvalue weighted by Gasteiger charge is 2.18. The molecule has 19 heavy (non-hydrogen) atoms. The van der Waals surface area contributed by atoms with Crippen molar-refractivity contribution in [2.45, 2.75) is 6.42 Å². The van der Waals surface area contributed by atoms with E-state index >= 15 is 0 Å². The van der Waals surface area contributed by atoms with E-state index in [1.54, 1.807) is 0 Å². The fourth-order valence-corrected chi connectivity index (χ4v) is 2.63. The summed E-state index contributed by atoms with van der Waals surface area (Å²) in [7, 11) is 1.89. The Bertz CT molecular complexity index is 688. The van der Waals surface area contributed by atoms with Crippen LogP contribution in [0.2, 0.25) is 0 Å².